The molecule has 4 aliphatic carbocycles. The highest BCUT2D eigenvalue weighted by atomic mass is 14.5. The first-order valence-electron chi connectivity index (χ1n) is 15.3. The summed E-state index contributed by atoms with van der Waals surface area (Å²) in [5.74, 6) is 9.31. The molecule has 0 spiro atoms. The molecule has 0 aromatic carbocycles. The molecular weight excluding hydrogens is 384 g/mol. The van der Waals surface area contributed by atoms with Crippen LogP contribution in [0.4, 0.5) is 0 Å². The van der Waals surface area contributed by atoms with Crippen LogP contribution in [0.3, 0.4) is 0 Å². The molecule has 6 unspecified atom stereocenters. The summed E-state index contributed by atoms with van der Waals surface area (Å²) in [4.78, 5) is 0. The summed E-state index contributed by atoms with van der Waals surface area (Å²) in [6.07, 6.45) is 26.2. The van der Waals surface area contributed by atoms with Crippen LogP contribution in [0.2, 0.25) is 0 Å². The Hall–Kier alpha value is 0. The highest BCUT2D eigenvalue weighted by Gasteiger charge is 2.47. The van der Waals surface area contributed by atoms with E-state index in [2.05, 4.69) is 34.6 Å². The van der Waals surface area contributed by atoms with Crippen molar-refractivity contribution in [2.45, 2.75) is 144 Å². The summed E-state index contributed by atoms with van der Waals surface area (Å²) in [6, 6.07) is 0. The first-order chi connectivity index (χ1) is 15.3. The van der Waals surface area contributed by atoms with Gasteiger partial charge in [0.25, 0.3) is 0 Å². The van der Waals surface area contributed by atoms with E-state index in [4.69, 9.17) is 0 Å². The van der Waals surface area contributed by atoms with E-state index < -0.39 is 0 Å². The van der Waals surface area contributed by atoms with Gasteiger partial charge in [0.15, 0.2) is 0 Å². The second-order valence-corrected chi connectivity index (χ2v) is 14.6. The Morgan fingerprint density at radius 2 is 1.34 bits per heavy atom. The van der Waals surface area contributed by atoms with Crippen molar-refractivity contribution in [3.05, 3.63) is 0 Å². The van der Waals surface area contributed by atoms with E-state index in [-0.39, 0.29) is 0 Å². The Balaban J connectivity index is 1.32. The average Bonchev–Trinajstić information content (AvgIpc) is 3.34. The van der Waals surface area contributed by atoms with Crippen LogP contribution in [0.5, 0.6) is 0 Å². The van der Waals surface area contributed by atoms with Crippen molar-refractivity contribution >= 4 is 0 Å². The van der Waals surface area contributed by atoms with E-state index in [0.717, 1.165) is 53.3 Å². The normalized spacial score (nSPS) is 41.9. The van der Waals surface area contributed by atoms with Crippen molar-refractivity contribution in [2.24, 2.45) is 58.7 Å². The van der Waals surface area contributed by atoms with Gasteiger partial charge < -0.3 is 0 Å². The van der Waals surface area contributed by atoms with Gasteiger partial charge in [-0.25, -0.2) is 0 Å². The van der Waals surface area contributed by atoms with Crippen LogP contribution in [0.15, 0.2) is 0 Å². The van der Waals surface area contributed by atoms with E-state index in [1.807, 2.05) is 0 Å². The van der Waals surface area contributed by atoms with Crippen LogP contribution >= 0.6 is 0 Å². The monoisotopic (exact) mass is 442 g/mol. The van der Waals surface area contributed by atoms with Gasteiger partial charge in [-0.15, -0.1) is 0 Å². The van der Waals surface area contributed by atoms with Crippen LogP contribution in [-0.2, 0) is 0 Å². The zero-order chi connectivity index (χ0) is 22.7. The summed E-state index contributed by atoms with van der Waals surface area (Å²) in [7, 11) is 0. The van der Waals surface area contributed by atoms with Gasteiger partial charge in [-0.1, -0.05) is 112 Å². The molecule has 0 N–H and O–H groups in total. The first kappa shape index (κ1) is 25.1. The Morgan fingerprint density at radius 1 is 0.625 bits per heavy atom. The summed E-state index contributed by atoms with van der Waals surface area (Å²) in [5, 5.41) is 0. The first-order valence-corrected chi connectivity index (χ1v) is 15.3. The van der Waals surface area contributed by atoms with Gasteiger partial charge in [-0.2, -0.15) is 0 Å². The third-order valence-electron chi connectivity index (χ3n) is 11.5. The minimum absolute atomic E-state index is 0.509. The fourth-order valence-corrected chi connectivity index (χ4v) is 9.09. The fraction of sp³-hybridized carbons (Fsp3) is 1.00. The van der Waals surface area contributed by atoms with E-state index in [0.29, 0.717) is 5.41 Å². The second-order valence-electron chi connectivity index (χ2n) is 14.6. The molecular formula is C32H58. The van der Waals surface area contributed by atoms with Crippen molar-refractivity contribution in [1.29, 1.82) is 0 Å². The van der Waals surface area contributed by atoms with Gasteiger partial charge in [-0.05, 0) is 90.8 Å². The highest BCUT2D eigenvalue weighted by molar-refractivity contribution is 4.97. The molecule has 6 atom stereocenters. The minimum atomic E-state index is 0.509. The van der Waals surface area contributed by atoms with Gasteiger partial charge in [-0.3, -0.25) is 0 Å². The maximum atomic E-state index is 2.69. The van der Waals surface area contributed by atoms with E-state index in [1.165, 1.54) is 51.4 Å². The standard InChI is InChI=1S/C32H58/c1-23-14-16-26(17-15-23)20-28-21-29(32(3,4)5)22-31(28)30-19-18-27(24(30)2)13-9-12-25-10-7-6-8-11-25/h23-31H,6-22H2,1-5H3. The van der Waals surface area contributed by atoms with Crippen LogP contribution in [-0.4, -0.2) is 0 Å². The Kier molecular flexibility index (Phi) is 8.75. The van der Waals surface area contributed by atoms with Crippen LogP contribution in [0, 0.1) is 58.7 Å². The molecule has 4 saturated carbocycles. The summed E-state index contributed by atoms with van der Waals surface area (Å²) >= 11 is 0. The number of hydrogen-bond acceptors (Lipinski definition) is 0. The van der Waals surface area contributed by atoms with E-state index in [1.54, 1.807) is 57.8 Å². The molecule has 4 rings (SSSR count). The Bertz CT molecular complexity index is 541. The van der Waals surface area contributed by atoms with Crippen molar-refractivity contribution in [3.63, 3.8) is 0 Å². The SMILES string of the molecule is CC1CCC(CC2CC(C(C)(C)C)CC2C2CCC(CCCC3CCCCC3)C2C)CC1. The predicted molar refractivity (Wildman–Crippen MR) is 141 cm³/mol. The highest BCUT2D eigenvalue weighted by Crippen LogP contribution is 2.56. The second kappa shape index (κ2) is 11.2. The Morgan fingerprint density at radius 3 is 2.03 bits per heavy atom. The lowest BCUT2D eigenvalue weighted by Gasteiger charge is -2.34. The molecule has 4 fully saturated rings. The maximum absolute atomic E-state index is 2.69. The van der Waals surface area contributed by atoms with Crippen molar-refractivity contribution in [2.75, 3.05) is 0 Å². The molecule has 0 heteroatoms. The summed E-state index contributed by atoms with van der Waals surface area (Å²) in [5.41, 5.74) is 0.509. The van der Waals surface area contributed by atoms with Gasteiger partial charge in [0.2, 0.25) is 0 Å². The summed E-state index contributed by atoms with van der Waals surface area (Å²) < 4.78 is 0. The minimum Gasteiger partial charge on any atom is -0.0625 e. The molecule has 0 radical (unpaired) electrons. The third-order valence-corrected chi connectivity index (χ3v) is 11.5. The van der Waals surface area contributed by atoms with Crippen molar-refractivity contribution in [1.82, 2.24) is 0 Å². The smallest absolute Gasteiger partial charge is 0.0352 e. The molecule has 0 amide bonds. The van der Waals surface area contributed by atoms with Crippen LogP contribution < -0.4 is 0 Å². The lowest BCUT2D eigenvalue weighted by atomic mass is 9.71. The predicted octanol–water partition coefficient (Wildman–Crippen LogP) is 10.3. The third kappa shape index (κ3) is 6.36. The molecule has 0 aromatic rings. The fourth-order valence-electron chi connectivity index (χ4n) is 9.09. The van der Waals surface area contributed by atoms with Crippen LogP contribution in [0.25, 0.3) is 0 Å². The molecule has 0 bridgehead atoms. The topological polar surface area (TPSA) is 0 Å². The maximum Gasteiger partial charge on any atom is -0.0352 e. The van der Waals surface area contributed by atoms with Crippen molar-refractivity contribution in [3.8, 4) is 0 Å². The van der Waals surface area contributed by atoms with Crippen LogP contribution in [0.1, 0.15) is 144 Å². The largest absolute Gasteiger partial charge is 0.0625 e. The average molecular weight is 443 g/mol. The molecule has 0 saturated heterocycles. The Labute approximate surface area is 202 Å². The molecule has 186 valence electrons. The zero-order valence-corrected chi connectivity index (χ0v) is 22.7. The molecule has 0 aliphatic heterocycles. The number of hydrogen-bond donors (Lipinski definition) is 0. The van der Waals surface area contributed by atoms with Gasteiger partial charge in [0.05, 0.1) is 0 Å². The lowest BCUT2D eigenvalue weighted by molar-refractivity contribution is 0.156. The number of rotatable bonds is 7. The molecule has 0 aromatic heterocycles. The van der Waals surface area contributed by atoms with Crippen molar-refractivity contribution < 1.29 is 0 Å². The molecule has 32 heavy (non-hydrogen) atoms. The van der Waals surface area contributed by atoms with Gasteiger partial charge >= 0.3 is 0 Å². The van der Waals surface area contributed by atoms with Gasteiger partial charge in [0, 0.05) is 0 Å². The summed E-state index contributed by atoms with van der Waals surface area (Å²) in [6.45, 7) is 12.8. The molecule has 0 nitrogen and oxygen atoms in total. The quantitative estimate of drug-likeness (QED) is 0.368. The van der Waals surface area contributed by atoms with E-state index >= 15 is 0 Å². The zero-order valence-electron chi connectivity index (χ0n) is 22.7. The molecule has 4 aliphatic rings. The lowest BCUT2D eigenvalue weighted by Crippen LogP contribution is -2.26. The van der Waals surface area contributed by atoms with Gasteiger partial charge in [0.1, 0.15) is 0 Å². The molecule has 0 heterocycles. The van der Waals surface area contributed by atoms with E-state index in [9.17, 15) is 0 Å².